The second kappa shape index (κ2) is 10.0. The summed E-state index contributed by atoms with van der Waals surface area (Å²) in [4.78, 5) is 41.3. The van der Waals surface area contributed by atoms with Gasteiger partial charge in [0.15, 0.2) is 5.82 Å². The molecule has 2 aromatic heterocycles. The number of nitrogens with one attached hydrogen (secondary N) is 1. The van der Waals surface area contributed by atoms with Crippen molar-refractivity contribution in [2.75, 3.05) is 0 Å². The van der Waals surface area contributed by atoms with E-state index in [1.54, 1.807) is 30.3 Å². The molecule has 0 radical (unpaired) electrons. The van der Waals surface area contributed by atoms with Crippen LogP contribution in [0.5, 0.6) is 0 Å². The van der Waals surface area contributed by atoms with Crippen molar-refractivity contribution in [3.63, 3.8) is 0 Å². The van der Waals surface area contributed by atoms with Crippen LogP contribution in [0.2, 0.25) is 0 Å². The summed E-state index contributed by atoms with van der Waals surface area (Å²) in [5.41, 5.74) is 6.23. The van der Waals surface area contributed by atoms with Crippen LogP contribution >= 0.6 is 0 Å². The minimum atomic E-state index is -1.20. The summed E-state index contributed by atoms with van der Waals surface area (Å²) >= 11 is 0. The first-order valence-electron chi connectivity index (χ1n) is 10.5. The van der Waals surface area contributed by atoms with Crippen LogP contribution in [0.3, 0.4) is 0 Å². The molecule has 3 N–H and O–H groups in total. The van der Waals surface area contributed by atoms with Crippen molar-refractivity contribution in [1.29, 1.82) is 0 Å². The average molecular weight is 475 g/mol. The Kier molecular flexibility index (Phi) is 6.72. The molecule has 10 heteroatoms. The van der Waals surface area contributed by atoms with Crippen LogP contribution in [0.15, 0.2) is 79.1 Å². The predicted octanol–water partition coefficient (Wildman–Crippen LogP) is 2.61. The van der Waals surface area contributed by atoms with Gasteiger partial charge in [-0.25, -0.2) is 18.4 Å². The standard InChI is InChI=1S/C25H19F2N5O3/c26-16-8-9-17(19(27)14-16)20-10-12-32(31-20)24-18(7-4-11-29-24)25(35)30-21(22(33)23(28)34)13-15-5-2-1-3-6-15/h1-12,14,21H,13H2,(H2,28,34)(H,30,35). The molecule has 0 aliphatic heterocycles. The molecule has 0 saturated heterocycles. The van der Waals surface area contributed by atoms with E-state index in [2.05, 4.69) is 15.4 Å². The van der Waals surface area contributed by atoms with Gasteiger partial charge >= 0.3 is 0 Å². The van der Waals surface area contributed by atoms with E-state index in [4.69, 9.17) is 5.73 Å². The highest BCUT2D eigenvalue weighted by Gasteiger charge is 2.27. The molecule has 1 unspecified atom stereocenters. The molecule has 0 aliphatic rings. The highest BCUT2D eigenvalue weighted by Crippen LogP contribution is 2.23. The maximum atomic E-state index is 14.2. The van der Waals surface area contributed by atoms with Crippen LogP contribution < -0.4 is 11.1 Å². The van der Waals surface area contributed by atoms with E-state index in [-0.39, 0.29) is 29.1 Å². The maximum absolute atomic E-state index is 14.2. The zero-order valence-electron chi connectivity index (χ0n) is 18.2. The number of rotatable bonds is 8. The molecule has 0 saturated carbocycles. The number of primary amides is 1. The number of hydrogen-bond acceptors (Lipinski definition) is 5. The Balaban J connectivity index is 1.63. The van der Waals surface area contributed by atoms with Crippen LogP contribution in [0, 0.1) is 11.6 Å². The monoisotopic (exact) mass is 475 g/mol. The SMILES string of the molecule is NC(=O)C(=O)C(Cc1ccccc1)NC(=O)c1cccnc1-n1ccc(-c2ccc(F)cc2F)n1. The molecule has 0 fully saturated rings. The molecule has 4 rings (SSSR count). The van der Waals surface area contributed by atoms with Gasteiger partial charge in [-0.15, -0.1) is 0 Å². The molecule has 1 atom stereocenters. The molecular formula is C25H19F2N5O3. The van der Waals surface area contributed by atoms with Gasteiger partial charge in [0.05, 0.1) is 11.3 Å². The third-order valence-electron chi connectivity index (χ3n) is 5.19. The number of ketones is 1. The fraction of sp³-hybridized carbons (Fsp3) is 0.0800. The summed E-state index contributed by atoms with van der Waals surface area (Å²) in [6, 6.07) is 15.2. The lowest BCUT2D eigenvalue weighted by Gasteiger charge is -2.17. The Morgan fingerprint density at radius 3 is 2.49 bits per heavy atom. The second-order valence-corrected chi connectivity index (χ2v) is 7.59. The largest absolute Gasteiger partial charge is 0.363 e. The van der Waals surface area contributed by atoms with E-state index < -0.39 is 35.3 Å². The van der Waals surface area contributed by atoms with Gasteiger partial charge in [-0.3, -0.25) is 14.4 Å². The van der Waals surface area contributed by atoms with Crippen LogP contribution in [-0.4, -0.2) is 38.4 Å². The normalized spacial score (nSPS) is 11.6. The average Bonchev–Trinajstić information content (AvgIpc) is 3.33. The van der Waals surface area contributed by atoms with E-state index >= 15 is 0 Å². The topological polar surface area (TPSA) is 120 Å². The fourth-order valence-electron chi connectivity index (χ4n) is 3.51. The predicted molar refractivity (Wildman–Crippen MR) is 122 cm³/mol. The molecule has 2 heterocycles. The Morgan fingerprint density at radius 1 is 1.00 bits per heavy atom. The number of carbonyl (C=O) groups excluding carboxylic acids is 3. The van der Waals surface area contributed by atoms with Crippen molar-refractivity contribution in [2.45, 2.75) is 12.5 Å². The van der Waals surface area contributed by atoms with Crippen LogP contribution in [0.4, 0.5) is 8.78 Å². The van der Waals surface area contributed by atoms with E-state index in [0.29, 0.717) is 0 Å². The van der Waals surface area contributed by atoms with Crippen LogP contribution in [-0.2, 0) is 16.0 Å². The van der Waals surface area contributed by atoms with Crippen molar-refractivity contribution in [3.8, 4) is 17.1 Å². The zero-order valence-corrected chi connectivity index (χ0v) is 18.2. The highest BCUT2D eigenvalue weighted by molar-refractivity contribution is 6.38. The number of hydrogen-bond donors (Lipinski definition) is 2. The lowest BCUT2D eigenvalue weighted by Crippen LogP contribution is -2.47. The first kappa shape index (κ1) is 23.4. The number of amides is 2. The Hall–Kier alpha value is -4.73. The molecular weight excluding hydrogens is 456 g/mol. The van der Waals surface area contributed by atoms with E-state index in [1.165, 1.54) is 41.3 Å². The number of benzene rings is 2. The van der Waals surface area contributed by atoms with Crippen molar-refractivity contribution < 1.29 is 23.2 Å². The number of pyridine rings is 1. The first-order valence-corrected chi connectivity index (χ1v) is 10.5. The third-order valence-corrected chi connectivity index (χ3v) is 5.19. The lowest BCUT2D eigenvalue weighted by molar-refractivity contribution is -0.137. The van der Waals surface area contributed by atoms with Gasteiger partial charge in [0.25, 0.3) is 11.8 Å². The molecule has 2 aromatic carbocycles. The van der Waals surface area contributed by atoms with Gasteiger partial charge < -0.3 is 11.1 Å². The molecule has 0 spiro atoms. The number of nitrogens with zero attached hydrogens (tertiary/aromatic N) is 3. The second-order valence-electron chi connectivity index (χ2n) is 7.59. The third kappa shape index (κ3) is 5.27. The van der Waals surface area contributed by atoms with Crippen molar-refractivity contribution >= 4 is 17.6 Å². The number of Topliss-reactive ketones (excluding diaryl/α,β-unsaturated/α-hetero) is 1. The molecule has 35 heavy (non-hydrogen) atoms. The molecule has 8 nitrogen and oxygen atoms in total. The molecule has 176 valence electrons. The fourth-order valence-corrected chi connectivity index (χ4v) is 3.51. The lowest BCUT2D eigenvalue weighted by atomic mass is 10.0. The van der Waals surface area contributed by atoms with E-state index in [9.17, 15) is 23.2 Å². The maximum Gasteiger partial charge on any atom is 0.287 e. The first-order chi connectivity index (χ1) is 16.8. The molecule has 4 aromatic rings. The summed E-state index contributed by atoms with van der Waals surface area (Å²) in [6.07, 6.45) is 2.95. The zero-order chi connectivity index (χ0) is 24.9. The van der Waals surface area contributed by atoms with Crippen LogP contribution in [0.25, 0.3) is 17.1 Å². The quantitative estimate of drug-likeness (QED) is 0.380. The molecule has 0 bridgehead atoms. The smallest absolute Gasteiger partial charge is 0.287 e. The van der Waals surface area contributed by atoms with E-state index in [1.807, 2.05) is 0 Å². The molecule has 2 amide bonds. The summed E-state index contributed by atoms with van der Waals surface area (Å²) in [7, 11) is 0. The van der Waals surface area contributed by atoms with Gasteiger partial charge in [0, 0.05) is 30.4 Å². The number of aromatic nitrogens is 3. The van der Waals surface area contributed by atoms with Gasteiger partial charge in [-0.1, -0.05) is 30.3 Å². The van der Waals surface area contributed by atoms with Gasteiger partial charge in [-0.2, -0.15) is 5.10 Å². The number of halogens is 2. The van der Waals surface area contributed by atoms with Crippen LogP contribution in [0.1, 0.15) is 15.9 Å². The van der Waals surface area contributed by atoms with Crippen molar-refractivity contribution in [2.24, 2.45) is 5.73 Å². The highest BCUT2D eigenvalue weighted by atomic mass is 19.1. The van der Waals surface area contributed by atoms with E-state index in [0.717, 1.165) is 17.7 Å². The number of nitrogens with two attached hydrogens (primary N) is 1. The van der Waals surface area contributed by atoms with Gasteiger partial charge in [-0.05, 0) is 35.9 Å². The Bertz CT molecular complexity index is 1410. The van der Waals surface area contributed by atoms with Crippen molar-refractivity contribution in [1.82, 2.24) is 20.1 Å². The summed E-state index contributed by atoms with van der Waals surface area (Å²) in [5.74, 6) is -4.21. The summed E-state index contributed by atoms with van der Waals surface area (Å²) < 4.78 is 28.7. The number of carbonyl (C=O) groups is 3. The molecule has 0 aliphatic carbocycles. The van der Waals surface area contributed by atoms with Crippen molar-refractivity contribution in [3.05, 3.63) is 102 Å². The summed E-state index contributed by atoms with van der Waals surface area (Å²) in [6.45, 7) is 0. The Labute approximate surface area is 198 Å². The minimum absolute atomic E-state index is 0.0528. The Morgan fingerprint density at radius 2 is 1.77 bits per heavy atom. The van der Waals surface area contributed by atoms with Gasteiger partial charge in [0.1, 0.15) is 17.7 Å². The summed E-state index contributed by atoms with van der Waals surface area (Å²) in [5, 5.41) is 6.82. The van der Waals surface area contributed by atoms with Gasteiger partial charge in [0.2, 0.25) is 5.78 Å². The minimum Gasteiger partial charge on any atom is -0.363 e.